The van der Waals surface area contributed by atoms with E-state index >= 15 is 0 Å². The normalized spacial score (nSPS) is 17.3. The molecule has 0 radical (unpaired) electrons. The zero-order valence-corrected chi connectivity index (χ0v) is 41.5. The Bertz CT molecular complexity index is 2070. The molecule has 23 heteroatoms. The number of rotatable bonds is 9. The number of nitriles is 1. The molecule has 4 saturated heterocycles. The van der Waals surface area contributed by atoms with E-state index in [1.807, 2.05) is 131 Å². The van der Waals surface area contributed by atoms with Gasteiger partial charge in [-0.1, -0.05) is 121 Å². The Morgan fingerprint density at radius 3 is 1.09 bits per heavy atom. The number of halogens is 8. The van der Waals surface area contributed by atoms with Crippen LogP contribution in [0.25, 0.3) is 0 Å². The molecule has 356 valence electrons. The molecule has 4 aromatic rings. The number of nitrogens with one attached hydrogen (secondary N) is 2. The Hall–Kier alpha value is -3.39. The fourth-order valence-electron chi connectivity index (χ4n) is 6.70. The van der Waals surface area contributed by atoms with Crippen molar-refractivity contribution in [2.24, 2.45) is 0 Å². The number of hydrogen-bond donors (Lipinski definition) is 4. The Morgan fingerprint density at radius 1 is 0.636 bits per heavy atom. The molecule has 0 atom stereocenters. The fraction of sp³-hybridized carbons (Fsp3) is 0.349. The van der Waals surface area contributed by atoms with Crippen LogP contribution < -0.4 is 40.2 Å². The summed E-state index contributed by atoms with van der Waals surface area (Å²) in [6.45, 7) is 0.216. The third kappa shape index (κ3) is 17.3. The number of likely N-dealkylation sites (tertiary alicyclic amines) is 2. The van der Waals surface area contributed by atoms with Crippen molar-refractivity contribution in [3.8, 4) is 6.07 Å². The van der Waals surface area contributed by atoms with Gasteiger partial charge in [-0.2, -0.15) is 5.26 Å². The molecule has 5 N–H and O–H groups in total. The summed E-state index contributed by atoms with van der Waals surface area (Å²) in [5, 5.41) is 31.0. The van der Waals surface area contributed by atoms with Crippen molar-refractivity contribution < 1.29 is 86.1 Å². The van der Waals surface area contributed by atoms with Crippen molar-refractivity contribution in [2.45, 2.75) is 34.8 Å². The smallest absolute Gasteiger partial charge is 0.870 e. The molecule has 0 bridgehead atoms. The van der Waals surface area contributed by atoms with Crippen LogP contribution in [0.1, 0.15) is 34.3 Å². The van der Waals surface area contributed by atoms with E-state index in [2.05, 4.69) is 36.7 Å². The fourth-order valence-corrected chi connectivity index (χ4v) is 6.70. The van der Waals surface area contributed by atoms with Crippen LogP contribution in [0.2, 0.25) is 0 Å². The van der Waals surface area contributed by atoms with Gasteiger partial charge in [-0.15, -0.1) is 24.8 Å². The van der Waals surface area contributed by atoms with Crippen LogP contribution in [0, 0.1) is 11.3 Å². The number of carboxylic acids is 2. The first-order valence-corrected chi connectivity index (χ1v) is 21.8. The number of alkyl halides is 4. The maximum absolute atomic E-state index is 14.0. The van der Waals surface area contributed by atoms with E-state index in [-0.39, 0.29) is 124 Å². The Balaban J connectivity index is 0.000000867. The van der Waals surface area contributed by atoms with Gasteiger partial charge in [0.2, 0.25) is 31.9 Å². The second-order valence-corrected chi connectivity index (χ2v) is 17.2. The first-order valence-electron chi connectivity index (χ1n) is 18.9. The molecule has 0 aromatic heterocycles. The molecule has 66 heavy (non-hydrogen) atoms. The van der Waals surface area contributed by atoms with Crippen LogP contribution in [0.15, 0.2) is 121 Å². The number of aliphatic carboxylic acids is 2. The van der Waals surface area contributed by atoms with E-state index in [0.717, 1.165) is 22.3 Å². The van der Waals surface area contributed by atoms with Crippen LogP contribution in [0.5, 0.6) is 0 Å². The summed E-state index contributed by atoms with van der Waals surface area (Å²) in [7, 11) is 8.54. The van der Waals surface area contributed by atoms with Crippen LogP contribution >= 0.6 is 46.2 Å². The number of hydrogen-bond acceptors (Lipinski definition) is 11. The summed E-state index contributed by atoms with van der Waals surface area (Å²) < 4.78 is 66.3. The SMILES string of the molecule is COC(=O)C1(F)CNC1.Cl.Cl.N#CC1(F)CN(C(c2ccccc2)c2ccccc2)C1.O=C(O)C1(F)CN(C(c2ccccc2)c2ccccc2)C1.O=C(O)C1(F)CNC1.O=S(Cl)Cl.[Na+].[OH-]. The number of methoxy groups -OCH3 is 1. The van der Waals surface area contributed by atoms with E-state index < -0.39 is 49.8 Å². The minimum atomic E-state index is -2.12. The van der Waals surface area contributed by atoms with Gasteiger partial charge in [-0.3, -0.25) is 9.80 Å². The molecular formula is C43H48Cl4F4N5NaO8S. The van der Waals surface area contributed by atoms with Gasteiger partial charge in [0.1, 0.15) is 6.07 Å². The number of carbonyl (C=O) groups is 3. The van der Waals surface area contributed by atoms with Crippen molar-refractivity contribution in [1.29, 1.82) is 5.26 Å². The van der Waals surface area contributed by atoms with Crippen molar-refractivity contribution >= 4 is 73.3 Å². The number of ether oxygens (including phenoxy) is 1. The number of benzene rings is 4. The van der Waals surface area contributed by atoms with Crippen molar-refractivity contribution in [1.82, 2.24) is 20.4 Å². The van der Waals surface area contributed by atoms with Crippen LogP contribution in [0.3, 0.4) is 0 Å². The first-order chi connectivity index (χ1) is 29.4. The Morgan fingerprint density at radius 2 is 0.909 bits per heavy atom. The van der Waals surface area contributed by atoms with Gasteiger partial charge in [0.15, 0.2) is 0 Å². The van der Waals surface area contributed by atoms with Crippen LogP contribution in [-0.2, 0) is 28.3 Å². The van der Waals surface area contributed by atoms with Crippen molar-refractivity contribution in [3.05, 3.63) is 144 Å². The predicted octanol–water partition coefficient (Wildman–Crippen LogP) is 3.77. The summed E-state index contributed by atoms with van der Waals surface area (Å²) in [4.78, 5) is 35.2. The van der Waals surface area contributed by atoms with Gasteiger partial charge >= 0.3 is 47.5 Å². The van der Waals surface area contributed by atoms with E-state index in [4.69, 9.17) is 19.7 Å². The van der Waals surface area contributed by atoms with E-state index in [1.54, 1.807) is 6.07 Å². The number of carboxylic acid groups (broad SMARTS) is 2. The van der Waals surface area contributed by atoms with Crippen LogP contribution in [-0.4, -0.2) is 130 Å². The van der Waals surface area contributed by atoms with Gasteiger partial charge in [0, 0.05) is 73.7 Å². The minimum Gasteiger partial charge on any atom is -0.870 e. The second kappa shape index (κ2) is 28.8. The summed E-state index contributed by atoms with van der Waals surface area (Å²) >= 11 is 0. The largest absolute Gasteiger partial charge is 1.00 e. The molecule has 8 rings (SSSR count). The monoisotopic (exact) mass is 1030 g/mol. The molecule has 4 fully saturated rings. The average Bonchev–Trinajstić information content (AvgIpc) is 3.22. The molecule has 4 aliphatic rings. The molecule has 0 spiro atoms. The summed E-state index contributed by atoms with van der Waals surface area (Å²) in [5.74, 6) is -3.52. The summed E-state index contributed by atoms with van der Waals surface area (Å²) in [5.41, 5.74) is -3.21. The Labute approximate surface area is 426 Å². The average molecular weight is 1040 g/mol. The molecule has 4 heterocycles. The zero-order chi connectivity index (χ0) is 45.6. The van der Waals surface area contributed by atoms with E-state index in [1.165, 1.54) is 7.11 Å². The molecular weight excluding hydrogens is 987 g/mol. The van der Waals surface area contributed by atoms with E-state index in [9.17, 15) is 31.9 Å². The molecule has 0 unspecified atom stereocenters. The molecule has 0 saturated carbocycles. The Kier molecular flexibility index (Phi) is 27.3. The first kappa shape index (κ1) is 62.6. The third-order valence-corrected chi connectivity index (χ3v) is 10.1. The summed E-state index contributed by atoms with van der Waals surface area (Å²) in [6.07, 6.45) is 0. The van der Waals surface area contributed by atoms with Gasteiger partial charge < -0.3 is 31.1 Å². The zero-order valence-electron chi connectivity index (χ0n) is 35.6. The van der Waals surface area contributed by atoms with E-state index in [0.29, 0.717) is 0 Å². The van der Waals surface area contributed by atoms with Gasteiger partial charge in [0.05, 0.1) is 19.2 Å². The standard InChI is InChI=1S/C17H15FN2.C17H16FNO2.C5H8FNO2.C4H6FNO2.Cl2OS.2ClH.Na.H2O/c18-17(11-19)12-20(13-17)16(14-7-3-1-4-8-14)15-9-5-2-6-10-15;18-17(16(20)21)11-19(12-17)15(13-7-3-1-4-8-13)14-9-5-2-6-10-14;1-9-4(8)5(6)2-7-3-5;5-4(3(7)8)1-6-2-4;1-4(2)3;;;;/h1-10,16H,12-13H2;1-10,15H,11-12H2,(H,20,21);7H,2-3H2,1H3;6H,1-2H2,(H,7,8);;2*1H;;1H2/q;;;;;;;+1;/p-1. The molecule has 4 aromatic carbocycles. The molecule has 13 nitrogen and oxygen atoms in total. The third-order valence-electron chi connectivity index (χ3n) is 10.1. The van der Waals surface area contributed by atoms with Gasteiger partial charge in [-0.05, 0) is 22.3 Å². The maximum atomic E-state index is 14.0. The van der Waals surface area contributed by atoms with Gasteiger partial charge in [0.25, 0.3) is 0 Å². The summed E-state index contributed by atoms with van der Waals surface area (Å²) in [6, 6.07) is 41.2. The predicted molar refractivity (Wildman–Crippen MR) is 243 cm³/mol. The number of carbonyl (C=O) groups excluding carboxylic acids is 1. The minimum absolute atomic E-state index is 0. The molecule has 4 aliphatic heterocycles. The molecule has 0 amide bonds. The quantitative estimate of drug-likeness (QED) is 0.0818. The van der Waals surface area contributed by atoms with Gasteiger partial charge in [-0.25, -0.2) is 36.2 Å². The van der Waals surface area contributed by atoms with Crippen molar-refractivity contribution in [3.63, 3.8) is 0 Å². The number of nitrogens with zero attached hydrogens (tertiary/aromatic N) is 3. The second-order valence-electron chi connectivity index (χ2n) is 14.7. The van der Waals surface area contributed by atoms with Crippen LogP contribution in [0.4, 0.5) is 17.6 Å². The van der Waals surface area contributed by atoms with Crippen molar-refractivity contribution in [2.75, 3.05) is 59.5 Å². The molecule has 0 aliphatic carbocycles. The topological polar surface area (TPSA) is 202 Å². The number of esters is 1. The maximum Gasteiger partial charge on any atom is 1.00 e.